The highest BCUT2D eigenvalue weighted by Crippen LogP contribution is 2.25. The summed E-state index contributed by atoms with van der Waals surface area (Å²) in [4.78, 5) is 8.50. The zero-order chi connectivity index (χ0) is 11.7. The molecule has 0 unspecified atom stereocenters. The predicted octanol–water partition coefficient (Wildman–Crippen LogP) is 2.25. The van der Waals surface area contributed by atoms with E-state index >= 15 is 0 Å². The van der Waals surface area contributed by atoms with Crippen LogP contribution < -0.4 is 0 Å². The van der Waals surface area contributed by atoms with Crippen molar-refractivity contribution in [1.29, 1.82) is 0 Å². The van der Waals surface area contributed by atoms with Gasteiger partial charge >= 0.3 is 0 Å². The van der Waals surface area contributed by atoms with Gasteiger partial charge in [-0.1, -0.05) is 23.7 Å². The van der Waals surface area contributed by atoms with Gasteiger partial charge in [0.2, 0.25) is 0 Å². The Morgan fingerprint density at radius 2 is 2.19 bits per heavy atom. The zero-order valence-electron chi connectivity index (χ0n) is 8.78. The van der Waals surface area contributed by atoms with Gasteiger partial charge in [-0.2, -0.15) is 0 Å². The lowest BCUT2D eigenvalue weighted by atomic mass is 10.3. The van der Waals surface area contributed by atoms with Crippen LogP contribution in [-0.4, -0.2) is 25.0 Å². The van der Waals surface area contributed by atoms with Crippen LogP contribution in [0, 0.1) is 0 Å². The van der Waals surface area contributed by atoms with Gasteiger partial charge in [-0.05, 0) is 15.9 Å². The third-order valence-electron chi connectivity index (χ3n) is 2.09. The maximum absolute atomic E-state index is 5.93. The molecule has 0 N–H and O–H groups in total. The van der Waals surface area contributed by atoms with Crippen molar-refractivity contribution in [2.75, 3.05) is 0 Å². The lowest BCUT2D eigenvalue weighted by Crippen LogP contribution is -2.00. The minimum atomic E-state index is 0.426. The van der Waals surface area contributed by atoms with Crippen molar-refractivity contribution in [2.24, 2.45) is 7.05 Å². The van der Waals surface area contributed by atoms with Gasteiger partial charge in [0.15, 0.2) is 4.60 Å². The Kier molecular flexibility index (Phi) is 3.20. The Balaban J connectivity index is 2.60. The summed E-state index contributed by atoms with van der Waals surface area (Å²) in [7, 11) is 1.80. The number of halogens is 2. The molecule has 2 aromatic rings. The number of aryl methyl sites for hydroxylation is 2. The quantitative estimate of drug-likeness (QED) is 0.798. The van der Waals surface area contributed by atoms with Crippen molar-refractivity contribution in [3.63, 3.8) is 0 Å². The van der Waals surface area contributed by atoms with Crippen LogP contribution in [0.3, 0.4) is 0 Å². The molecule has 0 aliphatic carbocycles. The first-order valence-corrected chi connectivity index (χ1v) is 5.88. The minimum absolute atomic E-state index is 0.426. The summed E-state index contributed by atoms with van der Waals surface area (Å²) in [5.41, 5.74) is 1.51. The van der Waals surface area contributed by atoms with Gasteiger partial charge in [0.25, 0.3) is 0 Å². The number of aromatic nitrogens is 5. The average Bonchev–Trinajstić information content (AvgIpc) is 2.57. The molecular weight excluding hydrogens is 293 g/mol. The summed E-state index contributed by atoms with van der Waals surface area (Å²) in [5.74, 6) is 0.704. The van der Waals surface area contributed by atoms with Crippen molar-refractivity contribution in [3.8, 4) is 11.4 Å². The highest BCUT2D eigenvalue weighted by Gasteiger charge is 2.13. The van der Waals surface area contributed by atoms with Crippen LogP contribution in [-0.2, 0) is 13.5 Å². The van der Waals surface area contributed by atoms with Crippen LogP contribution in [0.1, 0.15) is 12.7 Å². The molecule has 16 heavy (non-hydrogen) atoms. The molecular formula is C9H9BrClN5. The lowest BCUT2D eigenvalue weighted by Gasteiger charge is -2.03. The van der Waals surface area contributed by atoms with Gasteiger partial charge in [0, 0.05) is 19.5 Å². The summed E-state index contributed by atoms with van der Waals surface area (Å²) in [6.45, 7) is 1.98. The molecule has 0 fully saturated rings. The van der Waals surface area contributed by atoms with Gasteiger partial charge in [-0.25, -0.2) is 14.6 Å². The van der Waals surface area contributed by atoms with E-state index in [1.54, 1.807) is 17.8 Å². The van der Waals surface area contributed by atoms with E-state index in [0.29, 0.717) is 15.6 Å². The van der Waals surface area contributed by atoms with E-state index in [9.17, 15) is 0 Å². The highest BCUT2D eigenvalue weighted by molar-refractivity contribution is 9.10. The number of hydrogen-bond acceptors (Lipinski definition) is 4. The van der Waals surface area contributed by atoms with Crippen molar-refractivity contribution in [3.05, 3.63) is 21.6 Å². The first-order chi connectivity index (χ1) is 7.61. The molecule has 5 nitrogen and oxygen atoms in total. The molecule has 0 aliphatic rings. The second-order valence-corrected chi connectivity index (χ2v) is 4.34. The molecule has 0 spiro atoms. The van der Waals surface area contributed by atoms with Crippen LogP contribution >= 0.6 is 27.5 Å². The first-order valence-electron chi connectivity index (χ1n) is 4.70. The highest BCUT2D eigenvalue weighted by atomic mass is 79.9. The lowest BCUT2D eigenvalue weighted by molar-refractivity contribution is 0.717. The van der Waals surface area contributed by atoms with Crippen LogP contribution in [0.15, 0.2) is 10.7 Å². The Labute approximate surface area is 106 Å². The molecule has 0 radical (unpaired) electrons. The van der Waals surface area contributed by atoms with E-state index in [2.05, 4.69) is 36.2 Å². The van der Waals surface area contributed by atoms with E-state index < -0.39 is 0 Å². The van der Waals surface area contributed by atoms with E-state index in [-0.39, 0.29) is 0 Å². The minimum Gasteiger partial charge on any atom is -0.245 e. The van der Waals surface area contributed by atoms with Gasteiger partial charge in [-0.15, -0.1) is 5.10 Å². The third-order valence-corrected chi connectivity index (χ3v) is 2.81. The Morgan fingerprint density at radius 3 is 2.75 bits per heavy atom. The Bertz CT molecular complexity index is 505. The van der Waals surface area contributed by atoms with Gasteiger partial charge in [-0.3, -0.25) is 0 Å². The first kappa shape index (κ1) is 11.5. The van der Waals surface area contributed by atoms with Crippen molar-refractivity contribution >= 4 is 27.5 Å². The third kappa shape index (κ3) is 2.08. The average molecular weight is 303 g/mol. The Hall–Kier alpha value is -1.01. The SMILES string of the molecule is CCc1nc(Cl)cc(-c2c(Br)nnn2C)n1. The number of hydrogen-bond donors (Lipinski definition) is 0. The summed E-state index contributed by atoms with van der Waals surface area (Å²) in [5, 5.41) is 8.22. The largest absolute Gasteiger partial charge is 0.245 e. The van der Waals surface area contributed by atoms with E-state index in [4.69, 9.17) is 11.6 Å². The molecule has 0 saturated carbocycles. The predicted molar refractivity (Wildman–Crippen MR) is 64.1 cm³/mol. The van der Waals surface area contributed by atoms with Crippen molar-refractivity contribution < 1.29 is 0 Å². The van der Waals surface area contributed by atoms with Gasteiger partial charge < -0.3 is 0 Å². The number of nitrogens with zero attached hydrogens (tertiary/aromatic N) is 5. The van der Waals surface area contributed by atoms with E-state index in [1.807, 2.05) is 6.92 Å². The van der Waals surface area contributed by atoms with Crippen molar-refractivity contribution in [1.82, 2.24) is 25.0 Å². The summed E-state index contributed by atoms with van der Waals surface area (Å²) < 4.78 is 2.29. The zero-order valence-corrected chi connectivity index (χ0v) is 11.1. The molecule has 0 aliphatic heterocycles. The normalized spacial score (nSPS) is 10.8. The summed E-state index contributed by atoms with van der Waals surface area (Å²) in [6.07, 6.45) is 0.733. The fraction of sp³-hybridized carbons (Fsp3) is 0.333. The topological polar surface area (TPSA) is 56.5 Å². The van der Waals surface area contributed by atoms with E-state index in [0.717, 1.165) is 17.8 Å². The van der Waals surface area contributed by atoms with Crippen LogP contribution in [0.2, 0.25) is 5.15 Å². The molecule has 2 heterocycles. The molecule has 0 amide bonds. The Morgan fingerprint density at radius 1 is 1.44 bits per heavy atom. The fourth-order valence-electron chi connectivity index (χ4n) is 1.35. The van der Waals surface area contributed by atoms with Gasteiger partial charge in [0.05, 0.1) is 5.69 Å². The molecule has 2 aromatic heterocycles. The fourth-order valence-corrected chi connectivity index (χ4v) is 2.08. The maximum Gasteiger partial charge on any atom is 0.157 e. The summed E-state index contributed by atoms with van der Waals surface area (Å²) in [6, 6.07) is 1.70. The molecule has 0 saturated heterocycles. The number of rotatable bonds is 2. The van der Waals surface area contributed by atoms with Crippen molar-refractivity contribution in [2.45, 2.75) is 13.3 Å². The second kappa shape index (κ2) is 4.47. The molecule has 0 bridgehead atoms. The second-order valence-electron chi connectivity index (χ2n) is 3.20. The molecule has 0 atom stereocenters. The van der Waals surface area contributed by atoms with Crippen LogP contribution in [0.4, 0.5) is 0 Å². The molecule has 2 rings (SSSR count). The summed E-state index contributed by atoms with van der Waals surface area (Å²) >= 11 is 9.26. The maximum atomic E-state index is 5.93. The van der Waals surface area contributed by atoms with E-state index in [1.165, 1.54) is 0 Å². The molecule has 0 aromatic carbocycles. The van der Waals surface area contributed by atoms with Crippen LogP contribution in [0.5, 0.6) is 0 Å². The molecule has 7 heteroatoms. The smallest absolute Gasteiger partial charge is 0.157 e. The molecule has 84 valence electrons. The van der Waals surface area contributed by atoms with Gasteiger partial charge in [0.1, 0.15) is 16.7 Å². The van der Waals surface area contributed by atoms with Crippen LogP contribution in [0.25, 0.3) is 11.4 Å². The monoisotopic (exact) mass is 301 g/mol. The standard InChI is InChI=1S/C9H9BrClN5/c1-3-7-12-5(4-6(11)13-7)8-9(10)14-15-16(8)2/h4H,3H2,1-2H3.